The minimum Gasteiger partial charge on any atom is -0.356 e. The molecule has 0 spiro atoms. The first-order valence-corrected chi connectivity index (χ1v) is 10.7. The minimum absolute atomic E-state index is 0.00758. The molecule has 1 aliphatic rings. The van der Waals surface area contributed by atoms with Crippen LogP contribution in [0.15, 0.2) is 40.9 Å². The minimum atomic E-state index is -0.366. The predicted octanol–water partition coefficient (Wildman–Crippen LogP) is 3.27. The fourth-order valence-corrected chi connectivity index (χ4v) is 4.51. The van der Waals surface area contributed by atoms with Gasteiger partial charge in [0.05, 0.1) is 24.1 Å². The molecule has 0 saturated carbocycles. The van der Waals surface area contributed by atoms with Crippen molar-refractivity contribution >= 4 is 45.2 Å². The molecule has 3 amide bonds. The normalized spacial score (nSPS) is 13.1. The van der Waals surface area contributed by atoms with Crippen molar-refractivity contribution in [2.75, 3.05) is 5.32 Å². The lowest BCUT2D eigenvalue weighted by molar-refractivity contribution is -0.115. The molecule has 4 aromatic rings. The molecule has 0 radical (unpaired) electrons. The highest BCUT2D eigenvalue weighted by atomic mass is 32.1. The van der Waals surface area contributed by atoms with Crippen LogP contribution in [0.1, 0.15) is 42.5 Å². The Labute approximate surface area is 186 Å². The quantitative estimate of drug-likeness (QED) is 0.466. The van der Waals surface area contributed by atoms with Gasteiger partial charge in [0.1, 0.15) is 10.7 Å². The van der Waals surface area contributed by atoms with Crippen molar-refractivity contribution in [3.05, 3.63) is 69.4 Å². The number of hydrogen-bond acceptors (Lipinski definition) is 8. The fourth-order valence-electron chi connectivity index (χ4n) is 3.77. The van der Waals surface area contributed by atoms with Gasteiger partial charge in [-0.15, -0.1) is 10.2 Å². The standard InChI is InChI=1S/C22H17N5O4S/c1-11-7-12(2)19-15(8-11)16(26-31-19)9-17(28)23-22-25-24-18(32-22)10-27-20(29)13-5-3-4-6-14(13)21(27)30/h3-8H,9-10H2,1-2H3,(H,23,25,28). The molecule has 1 aliphatic heterocycles. The van der Waals surface area contributed by atoms with Crippen molar-refractivity contribution < 1.29 is 18.9 Å². The number of aryl methyl sites for hydroxylation is 2. The van der Waals surface area contributed by atoms with E-state index in [1.54, 1.807) is 24.3 Å². The number of fused-ring (bicyclic) bond motifs is 2. The highest BCUT2D eigenvalue weighted by Gasteiger charge is 2.35. The highest BCUT2D eigenvalue weighted by Crippen LogP contribution is 2.27. The average molecular weight is 447 g/mol. The summed E-state index contributed by atoms with van der Waals surface area (Å²) in [5.41, 5.74) is 3.97. The Morgan fingerprint density at radius 2 is 1.81 bits per heavy atom. The van der Waals surface area contributed by atoms with Crippen molar-refractivity contribution in [1.82, 2.24) is 20.3 Å². The van der Waals surface area contributed by atoms with Crippen molar-refractivity contribution in [3.8, 4) is 0 Å². The maximum atomic E-state index is 12.5. The van der Waals surface area contributed by atoms with Crippen molar-refractivity contribution in [1.29, 1.82) is 0 Å². The molecular formula is C22H17N5O4S. The summed E-state index contributed by atoms with van der Waals surface area (Å²) >= 11 is 1.11. The second kappa shape index (κ2) is 7.65. The number of carbonyl (C=O) groups is 3. The molecule has 0 fully saturated rings. The molecule has 160 valence electrons. The lowest BCUT2D eigenvalue weighted by atomic mass is 10.1. The summed E-state index contributed by atoms with van der Waals surface area (Å²) in [5, 5.41) is 16.2. The van der Waals surface area contributed by atoms with Gasteiger partial charge in [-0.3, -0.25) is 19.3 Å². The monoisotopic (exact) mass is 447 g/mol. The SMILES string of the molecule is Cc1cc(C)c2onc(CC(=O)Nc3nnc(CN4C(=O)c5ccccc5C4=O)s3)c2c1. The van der Waals surface area contributed by atoms with E-state index in [2.05, 4.69) is 20.7 Å². The number of aromatic nitrogens is 3. The second-order valence-corrected chi connectivity index (χ2v) is 8.62. The number of imide groups is 1. The van der Waals surface area contributed by atoms with E-state index in [-0.39, 0.29) is 35.8 Å². The Morgan fingerprint density at radius 3 is 2.53 bits per heavy atom. The summed E-state index contributed by atoms with van der Waals surface area (Å²) in [4.78, 5) is 38.7. The maximum absolute atomic E-state index is 12.5. The molecule has 9 nitrogen and oxygen atoms in total. The van der Waals surface area contributed by atoms with Crippen LogP contribution in [0.5, 0.6) is 0 Å². The molecule has 10 heteroatoms. The van der Waals surface area contributed by atoms with E-state index in [0.717, 1.165) is 32.7 Å². The Morgan fingerprint density at radius 1 is 1.09 bits per heavy atom. The van der Waals surface area contributed by atoms with Gasteiger partial charge in [-0.25, -0.2) is 0 Å². The van der Waals surface area contributed by atoms with Crippen LogP contribution < -0.4 is 5.32 Å². The van der Waals surface area contributed by atoms with Gasteiger partial charge in [0.25, 0.3) is 11.8 Å². The zero-order valence-corrected chi connectivity index (χ0v) is 18.0. The van der Waals surface area contributed by atoms with Gasteiger partial charge in [0.2, 0.25) is 11.0 Å². The number of amides is 3. The molecule has 0 unspecified atom stereocenters. The van der Waals surface area contributed by atoms with E-state index in [4.69, 9.17) is 4.52 Å². The van der Waals surface area contributed by atoms with Crippen LogP contribution in [-0.2, 0) is 17.8 Å². The molecule has 0 saturated heterocycles. The van der Waals surface area contributed by atoms with E-state index in [1.165, 1.54) is 0 Å². The lowest BCUT2D eigenvalue weighted by Gasteiger charge is -2.10. The first-order valence-electron chi connectivity index (χ1n) is 9.83. The topological polar surface area (TPSA) is 118 Å². The molecule has 1 N–H and O–H groups in total. The third-order valence-electron chi connectivity index (χ3n) is 5.19. The first-order chi connectivity index (χ1) is 15.4. The van der Waals surface area contributed by atoms with Gasteiger partial charge in [-0.2, -0.15) is 0 Å². The Hall–Kier alpha value is -3.92. The zero-order valence-electron chi connectivity index (χ0n) is 17.2. The maximum Gasteiger partial charge on any atom is 0.261 e. The molecule has 0 atom stereocenters. The van der Waals surface area contributed by atoms with Gasteiger partial charge in [0, 0.05) is 5.39 Å². The summed E-state index contributed by atoms with van der Waals surface area (Å²) < 4.78 is 5.39. The van der Waals surface area contributed by atoms with E-state index < -0.39 is 0 Å². The van der Waals surface area contributed by atoms with Crippen LogP contribution >= 0.6 is 11.3 Å². The number of benzene rings is 2. The Bertz CT molecular complexity index is 1370. The van der Waals surface area contributed by atoms with Crippen LogP contribution in [0.2, 0.25) is 0 Å². The predicted molar refractivity (Wildman–Crippen MR) is 116 cm³/mol. The largest absolute Gasteiger partial charge is 0.356 e. The van der Waals surface area contributed by atoms with Crippen LogP contribution in [0, 0.1) is 13.8 Å². The molecule has 32 heavy (non-hydrogen) atoms. The Kier molecular flexibility index (Phi) is 4.78. The number of hydrogen-bond donors (Lipinski definition) is 1. The van der Waals surface area contributed by atoms with Crippen LogP contribution in [0.3, 0.4) is 0 Å². The highest BCUT2D eigenvalue weighted by molar-refractivity contribution is 7.15. The fraction of sp³-hybridized carbons (Fsp3) is 0.182. The summed E-state index contributed by atoms with van der Waals surface area (Å²) in [6.45, 7) is 3.90. The molecule has 5 rings (SSSR count). The van der Waals surface area contributed by atoms with Crippen LogP contribution in [0.4, 0.5) is 5.13 Å². The molecular weight excluding hydrogens is 430 g/mol. The number of rotatable bonds is 5. The van der Waals surface area contributed by atoms with E-state index in [0.29, 0.717) is 27.4 Å². The number of anilines is 1. The van der Waals surface area contributed by atoms with Gasteiger partial charge in [0.15, 0.2) is 5.58 Å². The second-order valence-electron chi connectivity index (χ2n) is 7.56. The van der Waals surface area contributed by atoms with Crippen molar-refractivity contribution in [2.45, 2.75) is 26.8 Å². The first kappa shape index (κ1) is 20.0. The number of nitrogens with zero attached hydrogens (tertiary/aromatic N) is 4. The summed E-state index contributed by atoms with van der Waals surface area (Å²) in [6.07, 6.45) is 0.0171. The van der Waals surface area contributed by atoms with E-state index >= 15 is 0 Å². The molecule has 0 bridgehead atoms. The van der Waals surface area contributed by atoms with E-state index in [9.17, 15) is 14.4 Å². The molecule has 2 aromatic heterocycles. The lowest BCUT2D eigenvalue weighted by Crippen LogP contribution is -2.29. The Balaban J connectivity index is 1.27. The van der Waals surface area contributed by atoms with Crippen molar-refractivity contribution in [2.24, 2.45) is 0 Å². The van der Waals surface area contributed by atoms with Crippen LogP contribution in [0.25, 0.3) is 11.0 Å². The zero-order chi connectivity index (χ0) is 22.4. The molecule has 3 heterocycles. The van der Waals surface area contributed by atoms with Gasteiger partial charge >= 0.3 is 0 Å². The molecule has 0 aliphatic carbocycles. The van der Waals surface area contributed by atoms with Gasteiger partial charge in [-0.05, 0) is 43.2 Å². The van der Waals surface area contributed by atoms with Crippen molar-refractivity contribution in [3.63, 3.8) is 0 Å². The van der Waals surface area contributed by atoms with Gasteiger partial charge in [-0.1, -0.05) is 34.7 Å². The third kappa shape index (κ3) is 3.44. The number of nitrogens with one attached hydrogen (secondary N) is 1. The smallest absolute Gasteiger partial charge is 0.261 e. The summed E-state index contributed by atoms with van der Waals surface area (Å²) in [7, 11) is 0. The van der Waals surface area contributed by atoms with Crippen LogP contribution in [-0.4, -0.2) is 38.0 Å². The third-order valence-corrected chi connectivity index (χ3v) is 6.01. The van der Waals surface area contributed by atoms with Gasteiger partial charge < -0.3 is 9.84 Å². The number of carbonyl (C=O) groups excluding carboxylic acids is 3. The summed E-state index contributed by atoms with van der Waals surface area (Å²) in [5.74, 6) is -1.05. The average Bonchev–Trinajstić information content (AvgIpc) is 3.43. The summed E-state index contributed by atoms with van der Waals surface area (Å²) in [6, 6.07) is 10.6. The van der Waals surface area contributed by atoms with E-state index in [1.807, 2.05) is 26.0 Å². The molecule has 2 aromatic carbocycles.